The van der Waals surface area contributed by atoms with Gasteiger partial charge in [0.2, 0.25) is 5.91 Å². The molecule has 0 saturated carbocycles. The van der Waals surface area contributed by atoms with Gasteiger partial charge in [-0.1, -0.05) is 30.3 Å². The second kappa shape index (κ2) is 8.88. The van der Waals surface area contributed by atoms with E-state index in [0.717, 1.165) is 4.57 Å². The Hall–Kier alpha value is -4.21. The number of anilines is 1. The summed E-state index contributed by atoms with van der Waals surface area (Å²) in [4.78, 5) is 51.6. The Kier molecular flexibility index (Phi) is 5.84. The normalized spacial score (nSPS) is 15.6. The van der Waals surface area contributed by atoms with Crippen LogP contribution < -0.4 is 22.0 Å². The molecule has 0 saturated heterocycles. The molecule has 4 rings (SSSR count). The molecule has 0 bridgehead atoms. The van der Waals surface area contributed by atoms with Gasteiger partial charge in [0, 0.05) is 13.0 Å². The summed E-state index contributed by atoms with van der Waals surface area (Å²) in [7, 11) is 0. The average Bonchev–Trinajstić information content (AvgIpc) is 3.25. The van der Waals surface area contributed by atoms with Gasteiger partial charge < -0.3 is 15.5 Å². The monoisotopic (exact) mass is 435 g/mol. The van der Waals surface area contributed by atoms with E-state index in [1.807, 2.05) is 6.07 Å². The summed E-state index contributed by atoms with van der Waals surface area (Å²) in [6.45, 7) is 0.0575. The summed E-state index contributed by atoms with van der Waals surface area (Å²) in [5, 5.41) is 6.04. The van der Waals surface area contributed by atoms with Crippen molar-refractivity contribution in [1.82, 2.24) is 9.55 Å². The Bertz CT molecular complexity index is 1310. The molecule has 0 fully saturated rings. The number of esters is 1. The van der Waals surface area contributed by atoms with Gasteiger partial charge in [-0.25, -0.2) is 9.59 Å². The fourth-order valence-electron chi connectivity index (χ4n) is 3.55. The Morgan fingerprint density at radius 3 is 2.56 bits per heavy atom. The van der Waals surface area contributed by atoms with Gasteiger partial charge in [-0.3, -0.25) is 19.2 Å². The predicted molar refractivity (Wildman–Crippen MR) is 118 cm³/mol. The van der Waals surface area contributed by atoms with E-state index in [-0.39, 0.29) is 31.7 Å². The van der Waals surface area contributed by atoms with Gasteiger partial charge >= 0.3 is 11.7 Å². The minimum absolute atomic E-state index is 0.0247. The first-order valence-electron chi connectivity index (χ1n) is 10.1. The van der Waals surface area contributed by atoms with Gasteiger partial charge in [0.1, 0.15) is 11.8 Å². The number of amides is 1. The number of rotatable bonds is 7. The molecule has 2 heterocycles. The first-order valence-corrected chi connectivity index (χ1v) is 10.1. The summed E-state index contributed by atoms with van der Waals surface area (Å²) < 4.78 is 6.32. The molecule has 1 amide bonds. The van der Waals surface area contributed by atoms with Crippen molar-refractivity contribution in [2.45, 2.75) is 25.4 Å². The van der Waals surface area contributed by atoms with E-state index in [9.17, 15) is 19.2 Å². The van der Waals surface area contributed by atoms with Gasteiger partial charge in [0.05, 0.1) is 23.2 Å². The summed E-state index contributed by atoms with van der Waals surface area (Å²) >= 11 is 0. The van der Waals surface area contributed by atoms with Crippen molar-refractivity contribution < 1.29 is 14.3 Å². The van der Waals surface area contributed by atoms with Crippen LogP contribution in [-0.2, 0) is 20.9 Å². The van der Waals surface area contributed by atoms with E-state index >= 15 is 0 Å². The number of nitrogens with two attached hydrogens (primary N) is 1. The van der Waals surface area contributed by atoms with Gasteiger partial charge in [0.25, 0.3) is 5.56 Å². The van der Waals surface area contributed by atoms with Gasteiger partial charge in [-0.05, 0) is 30.7 Å². The van der Waals surface area contributed by atoms with Crippen molar-refractivity contribution >= 4 is 34.2 Å². The van der Waals surface area contributed by atoms with Crippen molar-refractivity contribution in [3.8, 4) is 0 Å². The predicted octanol–water partition coefficient (Wildman–Crippen LogP) is 0.743. The number of aromatic nitrogens is 2. The highest BCUT2D eigenvalue weighted by Gasteiger charge is 2.35. The lowest BCUT2D eigenvalue weighted by Gasteiger charge is -2.20. The lowest BCUT2D eigenvalue weighted by atomic mass is 10.1. The molecular formula is C22H21N5O5. The van der Waals surface area contributed by atoms with Crippen LogP contribution in [0.5, 0.6) is 0 Å². The quantitative estimate of drug-likeness (QED) is 0.414. The number of primary amides is 1. The highest BCUT2D eigenvalue weighted by molar-refractivity contribution is 6.38. The highest BCUT2D eigenvalue weighted by Crippen LogP contribution is 2.24. The Balaban J connectivity index is 1.39. The molecule has 32 heavy (non-hydrogen) atoms. The van der Waals surface area contributed by atoms with E-state index in [0.29, 0.717) is 16.6 Å². The van der Waals surface area contributed by atoms with Gasteiger partial charge in [-0.2, -0.15) is 5.10 Å². The lowest BCUT2D eigenvalue weighted by molar-refractivity contribution is -0.135. The molecule has 1 aliphatic heterocycles. The number of carbonyl (C=O) groups excluding carboxylic acids is 2. The number of aromatic amines is 1. The maximum Gasteiger partial charge on any atom is 0.354 e. The van der Waals surface area contributed by atoms with Crippen LogP contribution in [0.3, 0.4) is 0 Å². The molecule has 10 heteroatoms. The van der Waals surface area contributed by atoms with Crippen LogP contribution in [-0.4, -0.2) is 39.8 Å². The molecule has 0 radical (unpaired) electrons. The van der Waals surface area contributed by atoms with Crippen molar-refractivity contribution in [3.63, 3.8) is 0 Å². The van der Waals surface area contributed by atoms with Crippen LogP contribution >= 0.6 is 0 Å². The Labute approximate surface area is 181 Å². The summed E-state index contributed by atoms with van der Waals surface area (Å²) in [5.74, 6) is -1.27. The second-order valence-electron chi connectivity index (χ2n) is 7.27. The number of benzene rings is 2. The molecule has 0 aliphatic carbocycles. The summed E-state index contributed by atoms with van der Waals surface area (Å²) in [5.41, 5.74) is 5.73. The first-order chi connectivity index (χ1) is 15.5. The summed E-state index contributed by atoms with van der Waals surface area (Å²) in [6.07, 6.45) is 0.287. The molecule has 0 spiro atoms. The van der Waals surface area contributed by atoms with E-state index < -0.39 is 29.2 Å². The van der Waals surface area contributed by atoms with Crippen LogP contribution in [0.2, 0.25) is 0 Å². The molecule has 10 nitrogen and oxygen atoms in total. The Morgan fingerprint density at radius 1 is 1.09 bits per heavy atom. The van der Waals surface area contributed by atoms with Gasteiger partial charge in [-0.15, -0.1) is 0 Å². The second-order valence-corrected chi connectivity index (χ2v) is 7.27. The molecule has 1 unspecified atom stereocenters. The number of carbonyl (C=O) groups is 2. The molecule has 3 N–H and O–H groups in total. The largest absolute Gasteiger partial charge is 0.461 e. The number of fused-ring (bicyclic) bond motifs is 1. The SMILES string of the molecule is NC(=O)C1CC(C(=O)OCCCn2c(=O)[nH]c3ccccc3c2=O)=NN1c1ccccc1. The van der Waals surface area contributed by atoms with Crippen LogP contribution in [0.25, 0.3) is 10.9 Å². The van der Waals surface area contributed by atoms with E-state index in [1.165, 1.54) is 5.01 Å². The summed E-state index contributed by atoms with van der Waals surface area (Å²) in [6, 6.07) is 14.9. The molecule has 1 atom stereocenters. The fourth-order valence-corrected chi connectivity index (χ4v) is 3.55. The van der Waals surface area contributed by atoms with Crippen LogP contribution in [0.4, 0.5) is 5.69 Å². The van der Waals surface area contributed by atoms with E-state index in [1.54, 1.807) is 48.5 Å². The number of ether oxygens (including phenoxy) is 1. The third kappa shape index (κ3) is 4.15. The van der Waals surface area contributed by atoms with E-state index in [4.69, 9.17) is 10.5 Å². The molecule has 3 aromatic rings. The molecule has 164 valence electrons. The number of hydrazone groups is 1. The standard InChI is InChI=1S/C22H21N5O5/c23-19(28)18-13-17(25-27(18)14-7-2-1-3-8-14)21(30)32-12-6-11-26-20(29)15-9-4-5-10-16(15)24-22(26)31/h1-5,7-10,18H,6,11-13H2,(H2,23,28)(H,24,31). The first kappa shape index (κ1) is 21.0. The maximum atomic E-state index is 12.5. The van der Waals surface area contributed by atoms with Crippen molar-refractivity contribution in [2.75, 3.05) is 11.6 Å². The van der Waals surface area contributed by atoms with Crippen LogP contribution in [0.1, 0.15) is 12.8 Å². The van der Waals surface area contributed by atoms with Crippen molar-refractivity contribution in [3.05, 3.63) is 75.4 Å². The number of H-pyrrole nitrogens is 1. The van der Waals surface area contributed by atoms with Crippen LogP contribution in [0.15, 0.2) is 69.3 Å². The molecule has 2 aromatic carbocycles. The Morgan fingerprint density at radius 2 is 1.81 bits per heavy atom. The fraction of sp³-hybridized carbons (Fsp3) is 0.227. The topological polar surface area (TPSA) is 140 Å². The van der Waals surface area contributed by atoms with Crippen LogP contribution in [0, 0.1) is 0 Å². The minimum atomic E-state index is -0.783. The number of nitrogens with zero attached hydrogens (tertiary/aromatic N) is 3. The number of hydrogen-bond acceptors (Lipinski definition) is 7. The maximum absolute atomic E-state index is 12.5. The van der Waals surface area contributed by atoms with Crippen molar-refractivity contribution in [1.29, 1.82) is 0 Å². The third-order valence-corrected chi connectivity index (χ3v) is 5.14. The van der Waals surface area contributed by atoms with Gasteiger partial charge in [0.15, 0.2) is 0 Å². The third-order valence-electron chi connectivity index (χ3n) is 5.14. The zero-order valence-corrected chi connectivity index (χ0v) is 17.1. The number of hydrogen-bond donors (Lipinski definition) is 2. The molecule has 1 aromatic heterocycles. The van der Waals surface area contributed by atoms with E-state index in [2.05, 4.69) is 10.1 Å². The number of para-hydroxylation sites is 2. The minimum Gasteiger partial charge on any atom is -0.461 e. The zero-order valence-electron chi connectivity index (χ0n) is 17.1. The molecular weight excluding hydrogens is 414 g/mol. The zero-order chi connectivity index (χ0) is 22.7. The van der Waals surface area contributed by atoms with Crippen molar-refractivity contribution in [2.24, 2.45) is 10.8 Å². The highest BCUT2D eigenvalue weighted by atomic mass is 16.5. The molecule has 1 aliphatic rings. The average molecular weight is 435 g/mol. The smallest absolute Gasteiger partial charge is 0.354 e. The number of nitrogens with one attached hydrogen (secondary N) is 1. The lowest BCUT2D eigenvalue weighted by Crippen LogP contribution is -2.39.